The van der Waals surface area contributed by atoms with E-state index < -0.39 is 0 Å². The minimum absolute atomic E-state index is 0.675. The number of nitrogens with zero attached hydrogens (tertiary/aromatic N) is 1. The molecule has 3 atom stereocenters. The third-order valence-electron chi connectivity index (χ3n) is 7.34. The summed E-state index contributed by atoms with van der Waals surface area (Å²) in [5.41, 5.74) is 8.29. The summed E-state index contributed by atoms with van der Waals surface area (Å²) in [6.07, 6.45) is 7.03. The number of allylic oxidation sites excluding steroid dienone is 1. The summed E-state index contributed by atoms with van der Waals surface area (Å²) in [7, 11) is 0. The van der Waals surface area contributed by atoms with Crippen molar-refractivity contribution in [1.82, 2.24) is 10.2 Å². The molecular weight excluding hydrogens is 388 g/mol. The lowest BCUT2D eigenvalue weighted by Gasteiger charge is -2.39. The quantitative estimate of drug-likeness (QED) is 0.580. The molecule has 3 aliphatic rings. The number of fused-ring (bicyclic) bond motifs is 5. The summed E-state index contributed by atoms with van der Waals surface area (Å²) in [6.45, 7) is 6.64. The summed E-state index contributed by atoms with van der Waals surface area (Å²) >= 11 is 6.52. The van der Waals surface area contributed by atoms with Crippen LogP contribution >= 0.6 is 11.6 Å². The van der Waals surface area contributed by atoms with Gasteiger partial charge >= 0.3 is 0 Å². The minimum Gasteiger partial charge on any atom is -0.358 e. The van der Waals surface area contributed by atoms with E-state index in [0.29, 0.717) is 12.0 Å². The second-order valence-corrected chi connectivity index (χ2v) is 9.49. The predicted molar refractivity (Wildman–Crippen MR) is 127 cm³/mol. The molecule has 2 aromatic carbocycles. The Morgan fingerprint density at radius 1 is 1.10 bits per heavy atom. The maximum absolute atomic E-state index is 6.52. The molecule has 2 aliphatic carbocycles. The Morgan fingerprint density at radius 2 is 1.87 bits per heavy atom. The zero-order valence-corrected chi connectivity index (χ0v) is 18.8. The molecule has 2 bridgehead atoms. The Labute approximate surface area is 185 Å². The normalized spacial score (nSPS) is 26.2. The summed E-state index contributed by atoms with van der Waals surface area (Å²) < 4.78 is 0. The van der Waals surface area contributed by atoms with Gasteiger partial charge in [-0.3, -0.25) is 4.90 Å². The molecule has 30 heavy (non-hydrogen) atoms. The standard InChI is InChI=1S/C27H31ClN2/c1-3-8-25(22-11-6-7-12-24(22)28)29-26-17-30(14-13-18(26)2)27-16-19-15-23(27)21-10-5-4-9-20(19)21/h4-12,19,23,27,29H,3,13-17H2,1-2H3/b25-8+/t19-,23?,27?/m0/s1. The van der Waals surface area contributed by atoms with Crippen molar-refractivity contribution in [3.8, 4) is 0 Å². The van der Waals surface area contributed by atoms with E-state index in [1.54, 1.807) is 11.1 Å². The van der Waals surface area contributed by atoms with Gasteiger partial charge in [-0.15, -0.1) is 0 Å². The van der Waals surface area contributed by atoms with Gasteiger partial charge in [0.25, 0.3) is 0 Å². The average molecular weight is 419 g/mol. The van der Waals surface area contributed by atoms with E-state index in [0.717, 1.165) is 41.6 Å². The largest absolute Gasteiger partial charge is 0.358 e. The van der Waals surface area contributed by atoms with Gasteiger partial charge in [0.15, 0.2) is 0 Å². The molecule has 1 fully saturated rings. The van der Waals surface area contributed by atoms with Crippen molar-refractivity contribution in [1.29, 1.82) is 0 Å². The third kappa shape index (κ3) is 3.50. The highest BCUT2D eigenvalue weighted by molar-refractivity contribution is 6.32. The Hall–Kier alpha value is -2.03. The number of rotatable bonds is 5. The van der Waals surface area contributed by atoms with Gasteiger partial charge in [-0.25, -0.2) is 0 Å². The Balaban J connectivity index is 1.36. The van der Waals surface area contributed by atoms with Crippen LogP contribution in [-0.2, 0) is 0 Å². The monoisotopic (exact) mass is 418 g/mol. The van der Waals surface area contributed by atoms with Crippen LogP contribution in [0.25, 0.3) is 5.70 Å². The topological polar surface area (TPSA) is 15.3 Å². The van der Waals surface area contributed by atoms with E-state index in [1.165, 1.54) is 30.7 Å². The molecular formula is C27H31ClN2. The fourth-order valence-electron chi connectivity index (χ4n) is 5.81. The molecule has 156 valence electrons. The van der Waals surface area contributed by atoms with E-state index in [-0.39, 0.29) is 0 Å². The molecule has 3 heteroatoms. The van der Waals surface area contributed by atoms with Crippen LogP contribution < -0.4 is 5.32 Å². The van der Waals surface area contributed by atoms with Crippen LogP contribution in [0.15, 0.2) is 65.9 Å². The van der Waals surface area contributed by atoms with E-state index in [4.69, 9.17) is 11.6 Å². The Bertz CT molecular complexity index is 1010. The first-order chi connectivity index (χ1) is 14.7. The molecule has 1 aliphatic heterocycles. The second kappa shape index (κ2) is 8.24. The van der Waals surface area contributed by atoms with E-state index in [2.05, 4.69) is 66.5 Å². The van der Waals surface area contributed by atoms with Crippen LogP contribution in [0, 0.1) is 0 Å². The lowest BCUT2D eigenvalue weighted by molar-refractivity contribution is 0.185. The molecule has 0 amide bonds. The average Bonchev–Trinajstić information content (AvgIpc) is 3.35. The highest BCUT2D eigenvalue weighted by atomic mass is 35.5. The molecule has 0 aromatic heterocycles. The fraction of sp³-hybridized carbons (Fsp3) is 0.407. The SMILES string of the molecule is CC/C=C(/NC1=C(C)CCN(C2C[C@@H]3CC2c2ccccc23)C1)c1ccccc1Cl. The van der Waals surface area contributed by atoms with Crippen LogP contribution in [-0.4, -0.2) is 24.0 Å². The molecule has 1 heterocycles. The summed E-state index contributed by atoms with van der Waals surface area (Å²) in [6, 6.07) is 18.0. The van der Waals surface area contributed by atoms with Crippen molar-refractivity contribution in [2.75, 3.05) is 13.1 Å². The van der Waals surface area contributed by atoms with Gasteiger partial charge in [0.2, 0.25) is 0 Å². The van der Waals surface area contributed by atoms with Crippen molar-refractivity contribution in [2.24, 2.45) is 0 Å². The van der Waals surface area contributed by atoms with Crippen LogP contribution in [0.4, 0.5) is 0 Å². The number of benzene rings is 2. The first-order valence-electron chi connectivity index (χ1n) is 11.4. The summed E-state index contributed by atoms with van der Waals surface area (Å²) in [4.78, 5) is 2.74. The van der Waals surface area contributed by atoms with Crippen molar-refractivity contribution in [2.45, 2.75) is 57.4 Å². The molecule has 0 spiro atoms. The first kappa shape index (κ1) is 19.9. The molecule has 0 radical (unpaired) electrons. The van der Waals surface area contributed by atoms with Gasteiger partial charge in [0.05, 0.1) is 0 Å². The number of nitrogens with one attached hydrogen (secondary N) is 1. The molecule has 0 saturated heterocycles. The lowest BCUT2D eigenvalue weighted by Crippen LogP contribution is -2.44. The highest BCUT2D eigenvalue weighted by Crippen LogP contribution is 2.54. The third-order valence-corrected chi connectivity index (χ3v) is 7.67. The number of hydrogen-bond acceptors (Lipinski definition) is 2. The van der Waals surface area contributed by atoms with Crippen molar-refractivity contribution in [3.05, 3.63) is 87.6 Å². The van der Waals surface area contributed by atoms with Gasteiger partial charge in [-0.05, 0) is 55.7 Å². The van der Waals surface area contributed by atoms with Crippen molar-refractivity contribution >= 4 is 17.3 Å². The van der Waals surface area contributed by atoms with Gasteiger partial charge in [-0.1, -0.05) is 72.6 Å². The van der Waals surface area contributed by atoms with E-state index >= 15 is 0 Å². The second-order valence-electron chi connectivity index (χ2n) is 9.08. The van der Waals surface area contributed by atoms with Crippen LogP contribution in [0.1, 0.15) is 68.1 Å². The Kier molecular flexibility index (Phi) is 5.47. The maximum Gasteiger partial charge on any atom is 0.0499 e. The van der Waals surface area contributed by atoms with Gasteiger partial charge in [0.1, 0.15) is 0 Å². The highest BCUT2D eigenvalue weighted by Gasteiger charge is 2.46. The molecule has 1 N–H and O–H groups in total. The maximum atomic E-state index is 6.52. The molecule has 5 rings (SSSR count). The minimum atomic E-state index is 0.675. The van der Waals surface area contributed by atoms with Gasteiger partial charge < -0.3 is 5.32 Å². The van der Waals surface area contributed by atoms with E-state index in [1.807, 2.05) is 12.1 Å². The van der Waals surface area contributed by atoms with Crippen molar-refractivity contribution in [3.63, 3.8) is 0 Å². The van der Waals surface area contributed by atoms with E-state index in [9.17, 15) is 0 Å². The van der Waals surface area contributed by atoms with Gasteiger partial charge in [0, 0.05) is 47.0 Å². The zero-order chi connectivity index (χ0) is 20.7. The predicted octanol–water partition coefficient (Wildman–Crippen LogP) is 6.70. The molecule has 2 aromatic rings. The zero-order valence-electron chi connectivity index (χ0n) is 18.0. The molecule has 2 unspecified atom stereocenters. The van der Waals surface area contributed by atoms with Crippen LogP contribution in [0.2, 0.25) is 5.02 Å². The number of halogens is 1. The Morgan fingerprint density at radius 3 is 2.67 bits per heavy atom. The lowest BCUT2D eigenvalue weighted by atomic mass is 9.86. The summed E-state index contributed by atoms with van der Waals surface area (Å²) in [5, 5.41) is 4.60. The molecule has 1 saturated carbocycles. The van der Waals surface area contributed by atoms with Crippen LogP contribution in [0.3, 0.4) is 0 Å². The van der Waals surface area contributed by atoms with Gasteiger partial charge in [-0.2, -0.15) is 0 Å². The smallest absolute Gasteiger partial charge is 0.0499 e. The molecule has 2 nitrogen and oxygen atoms in total. The van der Waals surface area contributed by atoms with Crippen LogP contribution in [0.5, 0.6) is 0 Å². The summed E-state index contributed by atoms with van der Waals surface area (Å²) in [5.74, 6) is 1.47. The first-order valence-corrected chi connectivity index (χ1v) is 11.8. The van der Waals surface area contributed by atoms with Crippen molar-refractivity contribution < 1.29 is 0 Å². The fourth-order valence-corrected chi connectivity index (χ4v) is 6.05. The number of hydrogen-bond donors (Lipinski definition) is 1.